The van der Waals surface area contributed by atoms with Gasteiger partial charge in [0.25, 0.3) is 0 Å². The lowest BCUT2D eigenvalue weighted by Crippen LogP contribution is -2.07. The summed E-state index contributed by atoms with van der Waals surface area (Å²) in [6, 6.07) is 12.0. The summed E-state index contributed by atoms with van der Waals surface area (Å²) < 4.78 is 29.4. The molecule has 0 spiro atoms. The summed E-state index contributed by atoms with van der Waals surface area (Å²) in [5.74, 6) is 0.457. The third kappa shape index (κ3) is 4.49. The van der Waals surface area contributed by atoms with Crippen LogP contribution in [0.4, 0.5) is 10.2 Å². The number of pyridine rings is 2. The average Bonchev–Trinajstić information content (AvgIpc) is 2.69. The summed E-state index contributed by atoms with van der Waals surface area (Å²) in [7, 11) is -0.892. The largest absolute Gasteiger partial charge is 0.364 e. The highest BCUT2D eigenvalue weighted by Crippen LogP contribution is 2.24. The zero-order valence-electron chi connectivity index (χ0n) is 15.4. The highest BCUT2D eigenvalue weighted by molar-refractivity contribution is 7.93. The molecule has 0 saturated heterocycles. The number of rotatable bonds is 5. The first-order chi connectivity index (χ1) is 12.9. The summed E-state index contributed by atoms with van der Waals surface area (Å²) in [4.78, 5) is 9.21. The molecule has 2 heterocycles. The number of nitrogens with one attached hydrogen (secondary N) is 1. The Morgan fingerprint density at radius 3 is 2.44 bits per heavy atom. The van der Waals surface area contributed by atoms with Gasteiger partial charge in [0.1, 0.15) is 11.6 Å². The molecule has 1 unspecified atom stereocenters. The molecule has 0 fully saturated rings. The van der Waals surface area contributed by atoms with Gasteiger partial charge in [0.2, 0.25) is 0 Å². The van der Waals surface area contributed by atoms with Crippen molar-refractivity contribution in [1.82, 2.24) is 9.97 Å². The van der Waals surface area contributed by atoms with Crippen molar-refractivity contribution in [3.63, 3.8) is 0 Å². The second-order valence-corrected chi connectivity index (χ2v) is 8.69. The van der Waals surface area contributed by atoms with Crippen molar-refractivity contribution in [2.24, 2.45) is 4.36 Å². The van der Waals surface area contributed by atoms with Crippen LogP contribution in [0.15, 0.2) is 70.3 Å². The molecule has 0 aliphatic heterocycles. The van der Waals surface area contributed by atoms with Gasteiger partial charge in [-0.15, -0.1) is 0 Å². The Kier molecular flexibility index (Phi) is 5.51. The molecule has 0 radical (unpaired) electrons. The number of hydrogen-bond donors (Lipinski definition) is 1. The van der Waals surface area contributed by atoms with E-state index in [1.54, 1.807) is 44.0 Å². The molecule has 1 aromatic carbocycles. The molecule has 0 aliphatic rings. The Hall–Kier alpha value is -2.80. The van der Waals surface area contributed by atoms with Gasteiger partial charge < -0.3 is 5.32 Å². The first-order valence-corrected chi connectivity index (χ1v) is 10.3. The Bertz CT molecular complexity index is 1040. The van der Waals surface area contributed by atoms with Crippen molar-refractivity contribution in [1.29, 1.82) is 0 Å². The average molecular weight is 384 g/mol. The predicted molar refractivity (Wildman–Crippen MR) is 107 cm³/mol. The van der Waals surface area contributed by atoms with Gasteiger partial charge in [0.15, 0.2) is 0 Å². The van der Waals surface area contributed by atoms with Crippen LogP contribution in [0.3, 0.4) is 0 Å². The maximum atomic E-state index is 13.0. The van der Waals surface area contributed by atoms with Crippen LogP contribution >= 0.6 is 0 Å². The van der Waals surface area contributed by atoms with E-state index in [0.29, 0.717) is 10.7 Å². The van der Waals surface area contributed by atoms with Gasteiger partial charge >= 0.3 is 0 Å². The maximum absolute atomic E-state index is 13.0. The van der Waals surface area contributed by atoms with E-state index in [2.05, 4.69) is 19.6 Å². The van der Waals surface area contributed by atoms with Crippen molar-refractivity contribution < 1.29 is 8.60 Å². The standard InChI is InChI=1S/C20H21FN4OS/c1-14(15-4-7-18(21)8-5-15)25-20-9-6-16(12-24-20)17-10-19(13-23-11-17)27(3,26)22-2/h4-14H,1-3H3,(H,24,25)/t14-,27?/m1/s1. The van der Waals surface area contributed by atoms with E-state index in [4.69, 9.17) is 0 Å². The summed E-state index contributed by atoms with van der Waals surface area (Å²) >= 11 is 0. The second kappa shape index (κ2) is 7.84. The number of benzene rings is 1. The molecule has 5 nitrogen and oxygen atoms in total. The van der Waals surface area contributed by atoms with E-state index < -0.39 is 9.73 Å². The molecular formula is C20H21FN4OS. The van der Waals surface area contributed by atoms with E-state index in [1.165, 1.54) is 12.1 Å². The molecule has 2 atom stereocenters. The lowest BCUT2D eigenvalue weighted by molar-refractivity contribution is 0.626. The molecule has 2 aromatic heterocycles. The summed E-state index contributed by atoms with van der Waals surface area (Å²) in [5.41, 5.74) is 2.67. The van der Waals surface area contributed by atoms with Crippen LogP contribution in [0, 0.1) is 5.82 Å². The Morgan fingerprint density at radius 1 is 1.07 bits per heavy atom. The number of nitrogens with zero attached hydrogens (tertiary/aromatic N) is 3. The van der Waals surface area contributed by atoms with Gasteiger partial charge in [0, 0.05) is 49.1 Å². The van der Waals surface area contributed by atoms with Crippen LogP contribution in [0.5, 0.6) is 0 Å². The zero-order valence-corrected chi connectivity index (χ0v) is 16.2. The van der Waals surface area contributed by atoms with E-state index in [9.17, 15) is 8.60 Å². The zero-order chi connectivity index (χ0) is 19.4. The molecule has 0 amide bonds. The lowest BCUT2D eigenvalue weighted by Gasteiger charge is -2.15. The first kappa shape index (κ1) is 19.0. The summed E-state index contributed by atoms with van der Waals surface area (Å²) in [6.45, 7) is 1.99. The van der Waals surface area contributed by atoms with Crippen molar-refractivity contribution in [3.05, 3.63) is 72.4 Å². The van der Waals surface area contributed by atoms with Crippen molar-refractivity contribution in [2.75, 3.05) is 18.6 Å². The number of aromatic nitrogens is 2. The third-order valence-corrected chi connectivity index (χ3v) is 6.12. The van der Waals surface area contributed by atoms with Crippen LogP contribution in [0.25, 0.3) is 11.1 Å². The monoisotopic (exact) mass is 384 g/mol. The summed E-state index contributed by atoms with van der Waals surface area (Å²) in [6.07, 6.45) is 6.61. The SMILES string of the molecule is CN=S(C)(=O)c1cncc(-c2ccc(N[C@H](C)c3ccc(F)cc3)nc2)c1. The predicted octanol–water partition coefficient (Wildman–Crippen LogP) is 4.54. The number of hydrogen-bond acceptors (Lipinski definition) is 5. The van der Waals surface area contributed by atoms with E-state index >= 15 is 0 Å². The molecule has 0 aliphatic carbocycles. The van der Waals surface area contributed by atoms with Gasteiger partial charge in [-0.2, -0.15) is 0 Å². The molecule has 0 bridgehead atoms. The van der Waals surface area contributed by atoms with Crippen LogP contribution in [0.1, 0.15) is 18.5 Å². The molecule has 0 saturated carbocycles. The number of halogens is 1. The van der Waals surface area contributed by atoms with Crippen molar-refractivity contribution in [2.45, 2.75) is 17.9 Å². The van der Waals surface area contributed by atoms with Crippen LogP contribution in [-0.2, 0) is 9.73 Å². The van der Waals surface area contributed by atoms with Crippen LogP contribution in [0.2, 0.25) is 0 Å². The third-order valence-electron chi connectivity index (χ3n) is 4.33. The minimum Gasteiger partial charge on any atom is -0.364 e. The van der Waals surface area contributed by atoms with E-state index in [1.807, 2.05) is 25.1 Å². The quantitative estimate of drug-likeness (QED) is 0.701. The van der Waals surface area contributed by atoms with Gasteiger partial charge in [0.05, 0.1) is 14.6 Å². The number of anilines is 1. The molecule has 3 rings (SSSR count). The summed E-state index contributed by atoms with van der Waals surface area (Å²) in [5, 5.41) is 3.29. The molecule has 1 N–H and O–H groups in total. The fraction of sp³-hybridized carbons (Fsp3) is 0.200. The van der Waals surface area contributed by atoms with E-state index in [0.717, 1.165) is 16.7 Å². The molecular weight excluding hydrogens is 363 g/mol. The van der Waals surface area contributed by atoms with Crippen LogP contribution in [-0.4, -0.2) is 27.5 Å². The van der Waals surface area contributed by atoms with Gasteiger partial charge in [-0.3, -0.25) is 4.98 Å². The minimum atomic E-state index is -2.43. The van der Waals surface area contributed by atoms with E-state index in [-0.39, 0.29) is 11.9 Å². The second-order valence-electron chi connectivity index (χ2n) is 6.24. The fourth-order valence-corrected chi connectivity index (χ4v) is 3.41. The van der Waals surface area contributed by atoms with Gasteiger partial charge in [-0.05, 0) is 42.8 Å². The van der Waals surface area contributed by atoms with Crippen molar-refractivity contribution >= 4 is 15.5 Å². The molecule has 3 aromatic rings. The maximum Gasteiger partial charge on any atom is 0.126 e. The highest BCUT2D eigenvalue weighted by atomic mass is 32.2. The van der Waals surface area contributed by atoms with Crippen LogP contribution < -0.4 is 5.32 Å². The van der Waals surface area contributed by atoms with Crippen molar-refractivity contribution in [3.8, 4) is 11.1 Å². The fourth-order valence-electron chi connectivity index (χ4n) is 2.60. The molecule has 7 heteroatoms. The normalized spacial score (nSPS) is 14.2. The first-order valence-electron chi connectivity index (χ1n) is 8.43. The Morgan fingerprint density at radius 2 is 1.81 bits per heavy atom. The molecule has 140 valence electrons. The highest BCUT2D eigenvalue weighted by Gasteiger charge is 2.09. The van der Waals surface area contributed by atoms with Gasteiger partial charge in [-0.25, -0.2) is 17.9 Å². The molecule has 27 heavy (non-hydrogen) atoms. The smallest absolute Gasteiger partial charge is 0.126 e. The minimum absolute atomic E-state index is 0.00937. The lowest BCUT2D eigenvalue weighted by atomic mass is 10.1. The van der Waals surface area contributed by atoms with Gasteiger partial charge in [-0.1, -0.05) is 12.1 Å². The topological polar surface area (TPSA) is 67.2 Å². The Labute approximate surface area is 158 Å². The Balaban J connectivity index is 1.79.